The molecule has 0 radical (unpaired) electrons. The highest BCUT2D eigenvalue weighted by Crippen LogP contribution is 2.25. The van der Waals surface area contributed by atoms with Crippen LogP contribution >= 0.6 is 0 Å². The molecule has 1 aliphatic heterocycles. The molecule has 19 heavy (non-hydrogen) atoms. The smallest absolute Gasteiger partial charge is 0.257 e. The van der Waals surface area contributed by atoms with Crippen LogP contribution in [0.2, 0.25) is 0 Å². The van der Waals surface area contributed by atoms with Crippen molar-refractivity contribution in [2.75, 3.05) is 13.7 Å². The molecule has 0 bridgehead atoms. The lowest BCUT2D eigenvalue weighted by Gasteiger charge is -2.26. The van der Waals surface area contributed by atoms with E-state index in [1.165, 1.54) is 12.0 Å². The summed E-state index contributed by atoms with van der Waals surface area (Å²) in [5, 5.41) is 0. The zero-order valence-corrected chi connectivity index (χ0v) is 10.9. The summed E-state index contributed by atoms with van der Waals surface area (Å²) in [5.74, 6) is -0.649. The minimum atomic E-state index is -0.679. The van der Waals surface area contributed by atoms with E-state index in [2.05, 4.69) is 0 Å². The van der Waals surface area contributed by atoms with E-state index in [4.69, 9.17) is 10.5 Å². The average Bonchev–Trinajstić information content (AvgIpc) is 2.90. The Morgan fingerprint density at radius 2 is 2.05 bits per heavy atom. The first-order valence-corrected chi connectivity index (χ1v) is 6.32. The Bertz CT molecular complexity index is 461. The van der Waals surface area contributed by atoms with Crippen LogP contribution in [0.5, 0.6) is 0 Å². The van der Waals surface area contributed by atoms with Gasteiger partial charge in [0, 0.05) is 13.7 Å². The van der Waals surface area contributed by atoms with Gasteiger partial charge in [-0.2, -0.15) is 0 Å². The largest absolute Gasteiger partial charge is 0.368 e. The Morgan fingerprint density at radius 1 is 1.37 bits per heavy atom. The molecule has 2 atom stereocenters. The van der Waals surface area contributed by atoms with Gasteiger partial charge >= 0.3 is 0 Å². The molecule has 1 saturated heterocycles. The van der Waals surface area contributed by atoms with E-state index < -0.39 is 18.1 Å². The van der Waals surface area contributed by atoms with E-state index >= 15 is 0 Å². The summed E-state index contributed by atoms with van der Waals surface area (Å²) < 4.78 is 5.30. The first-order chi connectivity index (χ1) is 9.15. The number of hydrogen-bond donors (Lipinski definition) is 1. The van der Waals surface area contributed by atoms with Crippen molar-refractivity contribution in [1.29, 1.82) is 0 Å². The summed E-state index contributed by atoms with van der Waals surface area (Å²) in [7, 11) is 1.49. The van der Waals surface area contributed by atoms with Crippen molar-refractivity contribution in [3.05, 3.63) is 35.9 Å². The number of rotatable bonds is 4. The van der Waals surface area contributed by atoms with Crippen LogP contribution in [0, 0.1) is 0 Å². The maximum absolute atomic E-state index is 12.5. The van der Waals surface area contributed by atoms with Gasteiger partial charge in [-0.1, -0.05) is 30.3 Å². The summed E-state index contributed by atoms with van der Waals surface area (Å²) in [5.41, 5.74) is 6.12. The fraction of sp³-hybridized carbons (Fsp3) is 0.429. The molecule has 1 aromatic rings. The van der Waals surface area contributed by atoms with Crippen LogP contribution in [-0.2, 0) is 14.3 Å². The number of nitrogens with zero attached hydrogens (tertiary/aromatic N) is 1. The van der Waals surface area contributed by atoms with E-state index in [1.807, 2.05) is 30.3 Å². The van der Waals surface area contributed by atoms with E-state index in [9.17, 15) is 9.59 Å². The molecule has 2 rings (SSSR count). The third-order valence-electron chi connectivity index (χ3n) is 3.43. The third kappa shape index (κ3) is 2.76. The van der Waals surface area contributed by atoms with Gasteiger partial charge in [-0.25, -0.2) is 0 Å². The minimum absolute atomic E-state index is 0.199. The number of likely N-dealkylation sites (tertiary alicyclic amines) is 1. The van der Waals surface area contributed by atoms with Crippen LogP contribution in [0.3, 0.4) is 0 Å². The lowest BCUT2D eigenvalue weighted by atomic mass is 10.1. The molecule has 1 fully saturated rings. The van der Waals surface area contributed by atoms with Gasteiger partial charge in [-0.05, 0) is 18.4 Å². The quantitative estimate of drug-likeness (QED) is 0.874. The molecule has 2 amide bonds. The number of benzene rings is 1. The third-order valence-corrected chi connectivity index (χ3v) is 3.43. The van der Waals surface area contributed by atoms with Crippen LogP contribution in [0.4, 0.5) is 0 Å². The lowest BCUT2D eigenvalue weighted by Crippen LogP contribution is -2.45. The fourth-order valence-electron chi connectivity index (χ4n) is 2.48. The van der Waals surface area contributed by atoms with Gasteiger partial charge in [0.1, 0.15) is 6.04 Å². The molecular weight excluding hydrogens is 244 g/mol. The first kappa shape index (κ1) is 13.5. The number of carbonyl (C=O) groups excluding carboxylic acids is 2. The van der Waals surface area contributed by atoms with Crippen molar-refractivity contribution in [2.24, 2.45) is 5.73 Å². The van der Waals surface area contributed by atoms with Crippen molar-refractivity contribution in [2.45, 2.75) is 25.0 Å². The molecule has 2 unspecified atom stereocenters. The number of hydrogen-bond acceptors (Lipinski definition) is 3. The summed E-state index contributed by atoms with van der Waals surface area (Å²) in [4.78, 5) is 25.4. The normalized spacial score (nSPS) is 20.3. The topological polar surface area (TPSA) is 72.6 Å². The number of methoxy groups -OCH3 is 1. The van der Waals surface area contributed by atoms with Crippen molar-refractivity contribution >= 4 is 11.8 Å². The Kier molecular flexibility index (Phi) is 4.16. The fourth-order valence-corrected chi connectivity index (χ4v) is 2.48. The second-order valence-corrected chi connectivity index (χ2v) is 4.62. The molecule has 0 aromatic heterocycles. The predicted octanol–water partition coefficient (Wildman–Crippen LogP) is 0.850. The van der Waals surface area contributed by atoms with E-state index in [0.29, 0.717) is 13.0 Å². The minimum Gasteiger partial charge on any atom is -0.368 e. The highest BCUT2D eigenvalue weighted by molar-refractivity contribution is 5.89. The van der Waals surface area contributed by atoms with Crippen LogP contribution in [0.15, 0.2) is 30.3 Å². The summed E-state index contributed by atoms with van der Waals surface area (Å²) in [6, 6.07) is 8.74. The van der Waals surface area contributed by atoms with Gasteiger partial charge in [-0.3, -0.25) is 9.59 Å². The van der Waals surface area contributed by atoms with Crippen molar-refractivity contribution in [3.8, 4) is 0 Å². The van der Waals surface area contributed by atoms with Crippen LogP contribution < -0.4 is 5.73 Å². The number of amides is 2. The SMILES string of the molecule is COC(C(=O)N1CCCC1C(N)=O)c1ccccc1. The van der Waals surface area contributed by atoms with Crippen molar-refractivity contribution < 1.29 is 14.3 Å². The molecule has 0 aliphatic carbocycles. The maximum atomic E-state index is 12.5. The molecular formula is C14H18N2O3. The van der Waals surface area contributed by atoms with Crippen LogP contribution in [0.25, 0.3) is 0 Å². The molecule has 1 aliphatic rings. The van der Waals surface area contributed by atoms with E-state index in [-0.39, 0.29) is 5.91 Å². The number of carbonyl (C=O) groups is 2. The molecule has 2 N–H and O–H groups in total. The molecule has 5 heteroatoms. The van der Waals surface area contributed by atoms with E-state index in [0.717, 1.165) is 12.0 Å². The van der Waals surface area contributed by atoms with Crippen molar-refractivity contribution in [1.82, 2.24) is 4.90 Å². The van der Waals surface area contributed by atoms with Crippen LogP contribution in [-0.4, -0.2) is 36.4 Å². The molecule has 102 valence electrons. The molecule has 1 aromatic carbocycles. The van der Waals surface area contributed by atoms with Gasteiger partial charge in [0.15, 0.2) is 6.10 Å². The van der Waals surface area contributed by atoms with Gasteiger partial charge in [0.2, 0.25) is 5.91 Å². The Morgan fingerprint density at radius 3 is 2.63 bits per heavy atom. The number of ether oxygens (including phenoxy) is 1. The standard InChI is InChI=1S/C14H18N2O3/c1-19-12(10-6-3-2-4-7-10)14(18)16-9-5-8-11(16)13(15)17/h2-4,6-7,11-12H,5,8-9H2,1H3,(H2,15,17). The van der Waals surface area contributed by atoms with Gasteiger partial charge in [-0.15, -0.1) is 0 Å². The zero-order valence-electron chi connectivity index (χ0n) is 10.9. The Hall–Kier alpha value is -1.88. The highest BCUT2D eigenvalue weighted by Gasteiger charge is 2.36. The lowest BCUT2D eigenvalue weighted by molar-refractivity contribution is -0.146. The second kappa shape index (κ2) is 5.84. The Labute approximate surface area is 112 Å². The number of nitrogens with two attached hydrogens (primary N) is 1. The predicted molar refractivity (Wildman–Crippen MR) is 70.1 cm³/mol. The summed E-state index contributed by atoms with van der Waals surface area (Å²) >= 11 is 0. The van der Waals surface area contributed by atoms with Crippen molar-refractivity contribution in [3.63, 3.8) is 0 Å². The summed E-state index contributed by atoms with van der Waals surface area (Å²) in [6.45, 7) is 0.555. The molecule has 5 nitrogen and oxygen atoms in total. The monoisotopic (exact) mass is 262 g/mol. The zero-order chi connectivity index (χ0) is 13.8. The van der Waals surface area contributed by atoms with Crippen LogP contribution in [0.1, 0.15) is 24.5 Å². The van der Waals surface area contributed by atoms with Gasteiger partial charge in [0.05, 0.1) is 0 Å². The molecule has 1 heterocycles. The maximum Gasteiger partial charge on any atom is 0.257 e. The molecule has 0 saturated carbocycles. The van der Waals surface area contributed by atoms with Gasteiger partial charge < -0.3 is 15.4 Å². The average molecular weight is 262 g/mol. The molecule has 0 spiro atoms. The first-order valence-electron chi connectivity index (χ1n) is 6.32. The second-order valence-electron chi connectivity index (χ2n) is 4.62. The van der Waals surface area contributed by atoms with E-state index in [1.54, 1.807) is 0 Å². The van der Waals surface area contributed by atoms with Gasteiger partial charge in [0.25, 0.3) is 5.91 Å². The highest BCUT2D eigenvalue weighted by atomic mass is 16.5. The Balaban J connectivity index is 2.19. The number of primary amides is 1. The summed E-state index contributed by atoms with van der Waals surface area (Å²) in [6.07, 6.45) is 0.748.